The molecule has 0 fully saturated rings. The lowest BCUT2D eigenvalue weighted by Gasteiger charge is -2.27. The molecule has 1 N–H and O–H groups in total. The Balaban J connectivity index is 2.00. The second kappa shape index (κ2) is 6.59. The molecule has 0 radical (unpaired) electrons. The molecule has 3 nitrogen and oxygen atoms in total. The van der Waals surface area contributed by atoms with Crippen molar-refractivity contribution in [2.75, 3.05) is 5.23 Å². The molecule has 0 spiro atoms. The summed E-state index contributed by atoms with van der Waals surface area (Å²) in [5.74, 6) is 2.22. The van der Waals surface area contributed by atoms with Crippen LogP contribution in [0.5, 0.6) is 0 Å². The van der Waals surface area contributed by atoms with Crippen LogP contribution in [0.25, 0.3) is 11.4 Å². The van der Waals surface area contributed by atoms with Crippen LogP contribution in [0, 0.1) is 6.92 Å². The van der Waals surface area contributed by atoms with Gasteiger partial charge in [0.25, 0.3) is 5.82 Å². The van der Waals surface area contributed by atoms with Crippen LogP contribution in [0.1, 0.15) is 56.2 Å². The predicted molar refractivity (Wildman–Crippen MR) is 115 cm³/mol. The Morgan fingerprint density at radius 2 is 1.59 bits per heavy atom. The first kappa shape index (κ1) is 17.9. The van der Waals surface area contributed by atoms with E-state index in [4.69, 9.17) is 0 Å². The Labute approximate surface area is 163 Å². The van der Waals surface area contributed by atoms with Gasteiger partial charge in [0.15, 0.2) is 0 Å². The molecule has 0 aliphatic carbocycles. The van der Waals surface area contributed by atoms with Crippen molar-refractivity contribution >= 4 is 18.1 Å². The molecule has 1 aliphatic rings. The molecule has 4 rings (SSSR count). The third-order valence-corrected chi connectivity index (χ3v) is 5.79. The van der Waals surface area contributed by atoms with Crippen LogP contribution in [0.4, 0.5) is 5.69 Å². The number of nitrogens with zero attached hydrogens (tertiary/aromatic N) is 2. The Morgan fingerprint density at radius 3 is 2.22 bits per heavy atom. The maximum Gasteiger partial charge on any atom is 0.535 e. The van der Waals surface area contributed by atoms with Gasteiger partial charge in [-0.3, -0.25) is 4.48 Å². The molecule has 0 bridgehead atoms. The van der Waals surface area contributed by atoms with E-state index in [1.807, 2.05) is 0 Å². The molecular formula is C23H29BN3+. The van der Waals surface area contributed by atoms with Crippen molar-refractivity contribution in [2.45, 2.75) is 46.5 Å². The van der Waals surface area contributed by atoms with Crippen molar-refractivity contribution in [3.8, 4) is 11.4 Å². The largest absolute Gasteiger partial charge is 0.535 e. The number of fused-ring (bicyclic) bond motifs is 3. The zero-order chi connectivity index (χ0) is 19.3. The van der Waals surface area contributed by atoms with E-state index in [9.17, 15) is 0 Å². The number of anilines is 1. The van der Waals surface area contributed by atoms with E-state index in [1.165, 1.54) is 39.2 Å². The van der Waals surface area contributed by atoms with Gasteiger partial charge in [0.1, 0.15) is 12.4 Å². The van der Waals surface area contributed by atoms with Gasteiger partial charge in [-0.1, -0.05) is 58.0 Å². The summed E-state index contributed by atoms with van der Waals surface area (Å²) in [6.07, 6.45) is 4.38. The first-order valence-electron chi connectivity index (χ1n) is 9.95. The average Bonchev–Trinajstić information content (AvgIpc) is 3.02. The van der Waals surface area contributed by atoms with Crippen molar-refractivity contribution < 1.29 is 4.48 Å². The van der Waals surface area contributed by atoms with Crippen LogP contribution in [0.15, 0.2) is 48.8 Å². The lowest BCUT2D eigenvalue weighted by atomic mass is 9.59. The summed E-state index contributed by atoms with van der Waals surface area (Å²) < 4.78 is 4.65. The van der Waals surface area contributed by atoms with E-state index in [2.05, 4.69) is 105 Å². The van der Waals surface area contributed by atoms with Crippen LogP contribution in [-0.4, -0.2) is 11.5 Å². The predicted octanol–water partition coefficient (Wildman–Crippen LogP) is 4.20. The smallest absolute Gasteiger partial charge is 0.383 e. The van der Waals surface area contributed by atoms with E-state index in [0.29, 0.717) is 11.8 Å². The number of benzene rings is 2. The van der Waals surface area contributed by atoms with Crippen molar-refractivity contribution in [2.24, 2.45) is 7.05 Å². The molecule has 0 atom stereocenters. The van der Waals surface area contributed by atoms with Crippen molar-refractivity contribution in [1.29, 1.82) is 0 Å². The summed E-state index contributed by atoms with van der Waals surface area (Å²) in [6.45, 7) is 11.5. The Hall–Kier alpha value is -2.49. The summed E-state index contributed by atoms with van der Waals surface area (Å²) in [6, 6.07) is 13.4. The zero-order valence-electron chi connectivity index (χ0n) is 17.2. The molecule has 4 heteroatoms. The Morgan fingerprint density at radius 1 is 0.963 bits per heavy atom. The maximum absolute atomic E-state index is 3.86. The minimum Gasteiger partial charge on any atom is -0.383 e. The number of imidazole rings is 1. The molecule has 2 heterocycles. The third kappa shape index (κ3) is 2.79. The first-order chi connectivity index (χ1) is 12.9. The molecule has 0 unspecified atom stereocenters. The fraction of sp³-hybridized carbons (Fsp3) is 0.348. The van der Waals surface area contributed by atoms with Crippen LogP contribution in [0.3, 0.4) is 0 Å². The molecule has 1 aromatic heterocycles. The third-order valence-electron chi connectivity index (χ3n) is 5.79. The second-order valence-electron chi connectivity index (χ2n) is 8.34. The molecule has 0 amide bonds. The fourth-order valence-electron chi connectivity index (χ4n) is 4.45. The fourth-order valence-corrected chi connectivity index (χ4v) is 4.45. The van der Waals surface area contributed by atoms with Crippen LogP contribution in [0.2, 0.25) is 0 Å². The van der Waals surface area contributed by atoms with Gasteiger partial charge in [0, 0.05) is 11.2 Å². The summed E-state index contributed by atoms with van der Waals surface area (Å²) >= 11 is 0. The minimum atomic E-state index is 0.103. The zero-order valence-corrected chi connectivity index (χ0v) is 17.2. The molecule has 3 aromatic rings. The van der Waals surface area contributed by atoms with E-state index in [1.54, 1.807) is 0 Å². The van der Waals surface area contributed by atoms with Gasteiger partial charge in [0.2, 0.25) is 0 Å². The van der Waals surface area contributed by atoms with Gasteiger partial charge in [0.05, 0.1) is 12.6 Å². The normalized spacial score (nSPS) is 13.0. The van der Waals surface area contributed by atoms with Gasteiger partial charge in [-0.25, -0.2) is 4.57 Å². The summed E-state index contributed by atoms with van der Waals surface area (Å²) in [4.78, 5) is 0. The van der Waals surface area contributed by atoms with Crippen molar-refractivity contribution in [1.82, 2.24) is 4.57 Å². The van der Waals surface area contributed by atoms with E-state index < -0.39 is 0 Å². The number of rotatable bonds is 3. The summed E-state index contributed by atoms with van der Waals surface area (Å²) in [7, 11) is 2.14. The lowest BCUT2D eigenvalue weighted by Crippen LogP contribution is -2.67. The quantitative estimate of drug-likeness (QED) is 0.696. The van der Waals surface area contributed by atoms with Crippen molar-refractivity contribution in [3.05, 3.63) is 65.5 Å². The highest BCUT2D eigenvalue weighted by Gasteiger charge is 2.41. The minimum absolute atomic E-state index is 0.103. The SMILES string of the molecule is Cc1cccc2c1-c1n(C)cc[n+]1B(c1c(C(C)C)cccc1C(C)C)N2. The number of nitrogens with one attached hydrogen (secondary N) is 1. The van der Waals surface area contributed by atoms with Gasteiger partial charge < -0.3 is 5.23 Å². The molecule has 1 aliphatic heterocycles. The van der Waals surface area contributed by atoms with E-state index in [-0.39, 0.29) is 6.98 Å². The van der Waals surface area contributed by atoms with Gasteiger partial charge in [-0.15, -0.1) is 0 Å². The molecule has 27 heavy (non-hydrogen) atoms. The van der Waals surface area contributed by atoms with Crippen LogP contribution in [-0.2, 0) is 7.05 Å². The Bertz CT molecular complexity index is 975. The highest BCUT2D eigenvalue weighted by Crippen LogP contribution is 2.32. The number of hydrogen-bond donors (Lipinski definition) is 1. The highest BCUT2D eigenvalue weighted by atomic mass is 15.2. The van der Waals surface area contributed by atoms with Crippen LogP contribution < -0.4 is 15.2 Å². The Kier molecular flexibility index (Phi) is 4.37. The first-order valence-corrected chi connectivity index (χ1v) is 9.95. The maximum atomic E-state index is 3.86. The summed E-state index contributed by atoms with van der Waals surface area (Å²) in [5, 5.41) is 3.86. The van der Waals surface area contributed by atoms with Crippen LogP contribution >= 0.6 is 0 Å². The highest BCUT2D eigenvalue weighted by molar-refractivity contribution is 6.70. The van der Waals surface area contributed by atoms with E-state index in [0.717, 1.165) is 0 Å². The molecular weight excluding hydrogens is 329 g/mol. The van der Waals surface area contributed by atoms with Crippen molar-refractivity contribution in [3.63, 3.8) is 0 Å². The number of aromatic nitrogens is 2. The monoisotopic (exact) mass is 358 g/mol. The molecule has 138 valence electrons. The standard InChI is InChI=1S/C23H28BN3/c1-15(2)18-10-8-11-19(16(3)4)22(18)24-25-20-12-7-9-17(5)21(20)23-26(6)13-14-27(23)24/h7-16H,1-6H3/p+1. The number of hydrogen-bond acceptors (Lipinski definition) is 1. The molecule has 0 saturated heterocycles. The molecule has 0 saturated carbocycles. The number of aryl methyl sites for hydroxylation is 2. The topological polar surface area (TPSA) is 20.8 Å². The molecule has 2 aromatic carbocycles. The van der Waals surface area contributed by atoms with E-state index >= 15 is 0 Å². The van der Waals surface area contributed by atoms with Gasteiger partial charge in [-0.05, 0) is 41.5 Å². The lowest BCUT2D eigenvalue weighted by molar-refractivity contribution is -0.522. The second-order valence-corrected chi connectivity index (χ2v) is 8.34. The summed E-state index contributed by atoms with van der Waals surface area (Å²) in [5.41, 5.74) is 8.10. The van der Waals surface area contributed by atoms with Gasteiger partial charge in [-0.2, -0.15) is 0 Å². The van der Waals surface area contributed by atoms with Gasteiger partial charge >= 0.3 is 6.98 Å². The average molecular weight is 358 g/mol.